The fraction of sp³-hybridized carbons (Fsp3) is 0. The Morgan fingerprint density at radius 3 is 1.06 bits per heavy atom. The summed E-state index contributed by atoms with van der Waals surface area (Å²) >= 11 is 0. The summed E-state index contributed by atoms with van der Waals surface area (Å²) in [7, 11) is 0. The molecule has 0 bridgehead atoms. The maximum absolute atomic E-state index is 4.15. The van der Waals surface area contributed by atoms with Gasteiger partial charge in [0.05, 0.1) is 0 Å². The zero-order chi connectivity index (χ0) is 51.4. The van der Waals surface area contributed by atoms with Crippen molar-refractivity contribution in [1.29, 1.82) is 0 Å². The molecule has 0 aliphatic rings. The van der Waals surface area contributed by atoms with E-state index in [4.69, 9.17) is 0 Å². The summed E-state index contributed by atoms with van der Waals surface area (Å²) in [4.78, 5) is 2.43. The average molecular weight is 978 g/mol. The molecule has 0 N–H and O–H groups in total. The molecule has 0 aliphatic heterocycles. The maximum Gasteiger partial charge on any atom is 0.0468 e. The number of hydrogen-bond donors (Lipinski definition) is 0. The molecule has 14 rings (SSSR count). The third kappa shape index (κ3) is 7.88. The van der Waals surface area contributed by atoms with Crippen LogP contribution in [0.5, 0.6) is 0 Å². The summed E-state index contributed by atoms with van der Waals surface area (Å²) in [5.41, 5.74) is 17.3. The van der Waals surface area contributed by atoms with Gasteiger partial charge in [-0.05, 0) is 186 Å². The highest BCUT2D eigenvalue weighted by molar-refractivity contribution is 6.24. The predicted octanol–water partition coefficient (Wildman–Crippen LogP) is 21.7. The molecule has 1 nitrogen and oxygen atoms in total. The monoisotopic (exact) mass is 977 g/mol. The molecular formula is C76H51N. The Balaban J connectivity index is 0.988. The van der Waals surface area contributed by atoms with Gasteiger partial charge in [-0.15, -0.1) is 0 Å². The first-order valence-corrected chi connectivity index (χ1v) is 26.5. The molecule has 360 valence electrons. The van der Waals surface area contributed by atoms with Crippen LogP contribution < -0.4 is 4.90 Å². The molecule has 0 aromatic heterocycles. The first kappa shape index (κ1) is 45.5. The molecule has 14 aromatic rings. The molecule has 0 aliphatic carbocycles. The number of benzene rings is 14. The van der Waals surface area contributed by atoms with Crippen molar-refractivity contribution in [3.8, 4) is 55.6 Å². The normalized spacial score (nSPS) is 11.5. The van der Waals surface area contributed by atoms with Crippen LogP contribution in [0.2, 0.25) is 0 Å². The lowest BCUT2D eigenvalue weighted by molar-refractivity contribution is 1.29. The molecule has 0 radical (unpaired) electrons. The van der Waals surface area contributed by atoms with Crippen LogP contribution >= 0.6 is 0 Å². The van der Waals surface area contributed by atoms with Gasteiger partial charge in [0.2, 0.25) is 0 Å². The largest absolute Gasteiger partial charge is 0.310 e. The summed E-state index contributed by atoms with van der Waals surface area (Å²) in [6.07, 6.45) is 3.83. The molecule has 0 unspecified atom stereocenters. The third-order valence-electron chi connectivity index (χ3n) is 15.7. The number of rotatable bonds is 10. The van der Waals surface area contributed by atoms with E-state index < -0.39 is 0 Å². The van der Waals surface area contributed by atoms with E-state index in [1.165, 1.54) is 109 Å². The Labute approximate surface area is 449 Å². The first-order valence-electron chi connectivity index (χ1n) is 26.5. The molecule has 1 heteroatoms. The molecular weight excluding hydrogens is 927 g/mol. The molecule has 14 aromatic carbocycles. The second-order valence-electron chi connectivity index (χ2n) is 20.0. The van der Waals surface area contributed by atoms with Gasteiger partial charge in [-0.3, -0.25) is 0 Å². The van der Waals surface area contributed by atoms with Crippen LogP contribution in [-0.4, -0.2) is 0 Å². The fourth-order valence-corrected chi connectivity index (χ4v) is 12.1. The van der Waals surface area contributed by atoms with Crippen LogP contribution in [0.25, 0.3) is 132 Å². The van der Waals surface area contributed by atoms with E-state index in [1.807, 2.05) is 12.2 Å². The Bertz CT molecular complexity index is 4580. The first-order chi connectivity index (χ1) is 38.1. The lowest BCUT2D eigenvalue weighted by atomic mass is 9.85. The Kier molecular flexibility index (Phi) is 11.2. The molecule has 0 spiro atoms. The van der Waals surface area contributed by atoms with E-state index in [9.17, 15) is 0 Å². The van der Waals surface area contributed by atoms with Crippen molar-refractivity contribution < 1.29 is 0 Å². The number of anilines is 3. The SMILES string of the molecule is C=Cc1ccc(-c2c3ccccc3c(-c3ccc(N(c4ccc(-c5ccccc5)cc4)c4ccc5c(-c6ccc7ccccc7c6)c6ccccc6c(-c6ccc7ccccc7c6)c5c4)cc3)c3ccccc23)cc1C=C. The zero-order valence-corrected chi connectivity index (χ0v) is 42.5. The quantitative estimate of drug-likeness (QED) is 0.123. The average Bonchev–Trinajstić information content (AvgIpc) is 3.54. The highest BCUT2D eigenvalue weighted by atomic mass is 15.1. The smallest absolute Gasteiger partial charge is 0.0468 e. The van der Waals surface area contributed by atoms with E-state index in [0.29, 0.717) is 0 Å². The van der Waals surface area contributed by atoms with Gasteiger partial charge in [-0.2, -0.15) is 0 Å². The molecule has 0 atom stereocenters. The molecule has 0 saturated carbocycles. The van der Waals surface area contributed by atoms with Gasteiger partial charge in [-0.25, -0.2) is 0 Å². The summed E-state index contributed by atoms with van der Waals surface area (Å²) < 4.78 is 0. The second-order valence-corrected chi connectivity index (χ2v) is 20.0. The molecule has 0 saturated heterocycles. The van der Waals surface area contributed by atoms with Crippen LogP contribution in [0, 0.1) is 0 Å². The number of fused-ring (bicyclic) bond motifs is 6. The van der Waals surface area contributed by atoms with Gasteiger partial charge >= 0.3 is 0 Å². The summed E-state index contributed by atoms with van der Waals surface area (Å²) in [5.74, 6) is 0. The van der Waals surface area contributed by atoms with Gasteiger partial charge in [0.25, 0.3) is 0 Å². The molecule has 77 heavy (non-hydrogen) atoms. The van der Waals surface area contributed by atoms with E-state index >= 15 is 0 Å². The highest BCUT2D eigenvalue weighted by Crippen LogP contribution is 2.49. The van der Waals surface area contributed by atoms with Crippen molar-refractivity contribution in [2.24, 2.45) is 0 Å². The standard InChI is InChI=1S/C76H51N/c1-3-50-30-33-59(46-51(50)4-2)74-67-26-14-12-24-65(67)73(66-25-13-15-27-68(66)74)56-38-42-63(43-39-56)77(62-40-36-55(37-41-62)52-18-6-5-7-19-52)64-44-45-71-72(49-64)76(61-35-32-54-21-9-11-23-58(54)48-61)70-29-17-16-28-69(70)75(71)60-34-31-53-20-8-10-22-57(53)47-60/h3-49H,1-2H2. The van der Waals surface area contributed by atoms with Gasteiger partial charge in [0.1, 0.15) is 0 Å². The Hall–Kier alpha value is -10.1. The van der Waals surface area contributed by atoms with E-state index in [1.54, 1.807) is 0 Å². The molecule has 0 heterocycles. The minimum Gasteiger partial charge on any atom is -0.310 e. The lowest BCUT2D eigenvalue weighted by Crippen LogP contribution is -2.10. The van der Waals surface area contributed by atoms with Crippen LogP contribution in [-0.2, 0) is 0 Å². The van der Waals surface area contributed by atoms with Crippen molar-refractivity contribution in [3.63, 3.8) is 0 Å². The van der Waals surface area contributed by atoms with Gasteiger partial charge in [0, 0.05) is 17.1 Å². The maximum atomic E-state index is 4.15. The van der Waals surface area contributed by atoms with Gasteiger partial charge < -0.3 is 4.90 Å². The fourth-order valence-electron chi connectivity index (χ4n) is 12.1. The minimum atomic E-state index is 1.06. The highest BCUT2D eigenvalue weighted by Gasteiger charge is 2.22. The van der Waals surface area contributed by atoms with Crippen LogP contribution in [0.3, 0.4) is 0 Å². The van der Waals surface area contributed by atoms with Crippen molar-refractivity contribution in [3.05, 3.63) is 297 Å². The van der Waals surface area contributed by atoms with E-state index in [-0.39, 0.29) is 0 Å². The van der Waals surface area contributed by atoms with Crippen LogP contribution in [0.15, 0.2) is 286 Å². The Morgan fingerprint density at radius 1 is 0.221 bits per heavy atom. The number of hydrogen-bond acceptors (Lipinski definition) is 1. The van der Waals surface area contributed by atoms with Crippen molar-refractivity contribution in [2.45, 2.75) is 0 Å². The number of nitrogens with zero attached hydrogens (tertiary/aromatic N) is 1. The lowest BCUT2D eigenvalue weighted by Gasteiger charge is -2.27. The van der Waals surface area contributed by atoms with Gasteiger partial charge in [-0.1, -0.05) is 244 Å². The summed E-state index contributed by atoms with van der Waals surface area (Å²) in [6, 6.07) is 101. The minimum absolute atomic E-state index is 1.06. The van der Waals surface area contributed by atoms with Crippen molar-refractivity contribution in [1.82, 2.24) is 0 Å². The Morgan fingerprint density at radius 2 is 0.571 bits per heavy atom. The van der Waals surface area contributed by atoms with Crippen molar-refractivity contribution in [2.75, 3.05) is 4.90 Å². The van der Waals surface area contributed by atoms with Crippen molar-refractivity contribution >= 4 is 93.8 Å². The molecule has 0 fully saturated rings. The van der Waals surface area contributed by atoms with Gasteiger partial charge in [0.15, 0.2) is 0 Å². The van der Waals surface area contributed by atoms with Crippen LogP contribution in [0.4, 0.5) is 17.1 Å². The topological polar surface area (TPSA) is 3.24 Å². The zero-order valence-electron chi connectivity index (χ0n) is 42.5. The molecule has 0 amide bonds. The predicted molar refractivity (Wildman–Crippen MR) is 334 cm³/mol. The van der Waals surface area contributed by atoms with E-state index in [0.717, 1.165) is 39.3 Å². The van der Waals surface area contributed by atoms with Crippen LogP contribution in [0.1, 0.15) is 11.1 Å². The van der Waals surface area contributed by atoms with E-state index in [2.05, 4.69) is 291 Å². The third-order valence-corrected chi connectivity index (χ3v) is 15.7. The second kappa shape index (κ2) is 19.0. The summed E-state index contributed by atoms with van der Waals surface area (Å²) in [5, 5.41) is 14.6. The summed E-state index contributed by atoms with van der Waals surface area (Å²) in [6.45, 7) is 8.22.